The van der Waals surface area contributed by atoms with Crippen LogP contribution in [-0.4, -0.2) is 21.6 Å². The van der Waals surface area contributed by atoms with Crippen molar-refractivity contribution in [2.24, 2.45) is 0 Å². The molecule has 0 fully saturated rings. The largest absolute Gasteiger partial charge is 0.324 e. The lowest BCUT2D eigenvalue weighted by molar-refractivity contribution is -0.125. The molecule has 7 heteroatoms. The number of anilines is 2. The number of benzene rings is 2. The Hall–Kier alpha value is -3.12. The molecule has 1 aliphatic rings. The standard InChI is InChI=1S/C20H17ClN4O2/c1-12-18(13-6-3-2-4-7-13)24-25-16(11-17(26)23-19(12)25)20(27)22-15-9-5-8-14(21)10-15/h2-10,16H,11H2,1H3,(H,22,27)(H,23,26). The molecule has 0 saturated heterocycles. The second-order valence-corrected chi connectivity index (χ2v) is 6.84. The van der Waals surface area contributed by atoms with Crippen LogP contribution in [0.25, 0.3) is 11.3 Å². The summed E-state index contributed by atoms with van der Waals surface area (Å²) in [6.45, 7) is 1.89. The number of amides is 2. The van der Waals surface area contributed by atoms with Crippen molar-refractivity contribution in [2.45, 2.75) is 19.4 Å². The molecule has 0 spiro atoms. The Labute approximate surface area is 161 Å². The van der Waals surface area contributed by atoms with Crippen molar-refractivity contribution in [3.05, 3.63) is 65.2 Å². The lowest BCUT2D eigenvalue weighted by atomic mass is 10.1. The number of nitrogens with one attached hydrogen (secondary N) is 2. The van der Waals surface area contributed by atoms with E-state index < -0.39 is 6.04 Å². The summed E-state index contributed by atoms with van der Waals surface area (Å²) in [4.78, 5) is 25.0. The van der Waals surface area contributed by atoms with E-state index in [1.54, 1.807) is 28.9 Å². The van der Waals surface area contributed by atoms with E-state index >= 15 is 0 Å². The third-order valence-corrected chi connectivity index (χ3v) is 4.76. The fourth-order valence-electron chi connectivity index (χ4n) is 3.20. The summed E-state index contributed by atoms with van der Waals surface area (Å²) in [5.74, 6) is 0.0307. The van der Waals surface area contributed by atoms with Gasteiger partial charge in [0.05, 0.1) is 12.1 Å². The normalized spacial score (nSPS) is 15.8. The fraction of sp³-hybridized carbons (Fsp3) is 0.150. The summed E-state index contributed by atoms with van der Waals surface area (Å²) in [6, 6.07) is 15.8. The monoisotopic (exact) mass is 380 g/mol. The van der Waals surface area contributed by atoms with E-state index in [1.165, 1.54) is 0 Å². The Morgan fingerprint density at radius 1 is 1.22 bits per heavy atom. The molecule has 1 aromatic heterocycles. The quantitative estimate of drug-likeness (QED) is 0.720. The molecule has 1 aliphatic heterocycles. The summed E-state index contributed by atoms with van der Waals surface area (Å²) >= 11 is 5.98. The highest BCUT2D eigenvalue weighted by atomic mass is 35.5. The maximum absolute atomic E-state index is 12.8. The van der Waals surface area contributed by atoms with Crippen LogP contribution in [0.15, 0.2) is 54.6 Å². The molecule has 1 unspecified atom stereocenters. The molecule has 2 N–H and O–H groups in total. The minimum atomic E-state index is -0.733. The van der Waals surface area contributed by atoms with E-state index in [9.17, 15) is 9.59 Å². The van der Waals surface area contributed by atoms with Crippen molar-refractivity contribution in [3.8, 4) is 11.3 Å². The van der Waals surface area contributed by atoms with Gasteiger partial charge >= 0.3 is 0 Å². The van der Waals surface area contributed by atoms with E-state index in [-0.39, 0.29) is 18.2 Å². The molecule has 1 atom stereocenters. The molecule has 27 heavy (non-hydrogen) atoms. The van der Waals surface area contributed by atoms with Crippen LogP contribution >= 0.6 is 11.6 Å². The van der Waals surface area contributed by atoms with Gasteiger partial charge in [-0.05, 0) is 25.1 Å². The van der Waals surface area contributed by atoms with Crippen LogP contribution in [0.2, 0.25) is 5.02 Å². The lowest BCUT2D eigenvalue weighted by Crippen LogP contribution is -2.35. The minimum absolute atomic E-state index is 0.0226. The zero-order chi connectivity index (χ0) is 19.0. The summed E-state index contributed by atoms with van der Waals surface area (Å²) in [7, 11) is 0. The van der Waals surface area contributed by atoms with Crippen molar-refractivity contribution < 1.29 is 9.59 Å². The predicted octanol–water partition coefficient (Wildman–Crippen LogP) is 4.03. The molecule has 136 valence electrons. The first kappa shape index (κ1) is 17.3. The molecule has 3 aromatic rings. The molecule has 2 amide bonds. The first-order chi connectivity index (χ1) is 13.0. The van der Waals surface area contributed by atoms with Crippen LogP contribution in [0.4, 0.5) is 11.5 Å². The molecule has 0 radical (unpaired) electrons. The zero-order valence-electron chi connectivity index (χ0n) is 14.6. The predicted molar refractivity (Wildman–Crippen MR) is 105 cm³/mol. The SMILES string of the molecule is Cc1c(-c2ccccc2)nn2c1NC(=O)CC2C(=O)Nc1cccc(Cl)c1. The topological polar surface area (TPSA) is 76.0 Å². The van der Waals surface area contributed by atoms with Gasteiger partial charge in [-0.3, -0.25) is 9.59 Å². The first-order valence-corrected chi connectivity index (χ1v) is 8.91. The maximum Gasteiger partial charge on any atom is 0.249 e. The van der Waals surface area contributed by atoms with Gasteiger partial charge in [0, 0.05) is 21.8 Å². The third kappa shape index (κ3) is 3.31. The third-order valence-electron chi connectivity index (χ3n) is 4.52. The number of fused-ring (bicyclic) bond motifs is 1. The number of aromatic nitrogens is 2. The van der Waals surface area contributed by atoms with Crippen LogP contribution in [0.3, 0.4) is 0 Å². The summed E-state index contributed by atoms with van der Waals surface area (Å²) in [5, 5.41) is 10.8. The average Bonchev–Trinajstić information content (AvgIpc) is 2.98. The highest BCUT2D eigenvalue weighted by molar-refractivity contribution is 6.30. The van der Waals surface area contributed by atoms with Crippen LogP contribution in [-0.2, 0) is 9.59 Å². The smallest absolute Gasteiger partial charge is 0.249 e. The average molecular weight is 381 g/mol. The van der Waals surface area contributed by atoms with E-state index in [2.05, 4.69) is 15.7 Å². The molecule has 2 aromatic carbocycles. The minimum Gasteiger partial charge on any atom is -0.324 e. The molecule has 4 rings (SSSR count). The number of rotatable bonds is 3. The number of carbonyl (C=O) groups excluding carboxylic acids is 2. The van der Waals surface area contributed by atoms with Crippen LogP contribution in [0, 0.1) is 6.92 Å². The van der Waals surface area contributed by atoms with E-state index in [0.717, 1.165) is 16.8 Å². The Morgan fingerprint density at radius 3 is 2.74 bits per heavy atom. The zero-order valence-corrected chi connectivity index (χ0v) is 15.3. The lowest BCUT2D eigenvalue weighted by Gasteiger charge is -2.24. The van der Waals surface area contributed by atoms with E-state index in [1.807, 2.05) is 37.3 Å². The van der Waals surface area contributed by atoms with Crippen molar-refractivity contribution in [2.75, 3.05) is 10.6 Å². The van der Waals surface area contributed by atoms with E-state index in [4.69, 9.17) is 11.6 Å². The number of hydrogen-bond acceptors (Lipinski definition) is 3. The van der Waals surface area contributed by atoms with Gasteiger partial charge in [-0.15, -0.1) is 0 Å². The summed E-state index contributed by atoms with van der Waals surface area (Å²) in [6.07, 6.45) is 0.0226. The Kier molecular flexibility index (Phi) is 4.41. The van der Waals surface area contributed by atoms with Gasteiger partial charge in [-0.25, -0.2) is 4.68 Å². The first-order valence-electron chi connectivity index (χ1n) is 8.54. The van der Waals surface area contributed by atoms with Crippen molar-refractivity contribution in [1.29, 1.82) is 0 Å². The van der Waals surface area contributed by atoms with Crippen molar-refractivity contribution >= 4 is 34.9 Å². The van der Waals surface area contributed by atoms with Gasteiger partial charge in [-0.2, -0.15) is 5.10 Å². The Balaban J connectivity index is 1.70. The van der Waals surface area contributed by atoms with Crippen LogP contribution < -0.4 is 10.6 Å². The number of halogens is 1. The van der Waals surface area contributed by atoms with Crippen molar-refractivity contribution in [3.63, 3.8) is 0 Å². The summed E-state index contributed by atoms with van der Waals surface area (Å²) < 4.78 is 1.60. The molecule has 2 heterocycles. The highest BCUT2D eigenvalue weighted by Gasteiger charge is 2.34. The molecule has 6 nitrogen and oxygen atoms in total. The van der Waals surface area contributed by atoms with Gasteiger partial charge in [0.25, 0.3) is 0 Å². The van der Waals surface area contributed by atoms with Crippen molar-refractivity contribution in [1.82, 2.24) is 9.78 Å². The molecule has 0 aliphatic carbocycles. The van der Waals surface area contributed by atoms with Gasteiger partial charge < -0.3 is 10.6 Å². The van der Waals surface area contributed by atoms with Gasteiger partial charge in [0.2, 0.25) is 11.8 Å². The highest BCUT2D eigenvalue weighted by Crippen LogP contribution is 2.34. The number of hydrogen-bond donors (Lipinski definition) is 2. The molecular weight excluding hydrogens is 364 g/mol. The van der Waals surface area contributed by atoms with Gasteiger partial charge in [-0.1, -0.05) is 48.0 Å². The molecular formula is C20H17ClN4O2. The second kappa shape index (κ2) is 6.89. The summed E-state index contributed by atoms with van der Waals surface area (Å²) in [5.41, 5.74) is 3.08. The van der Waals surface area contributed by atoms with Gasteiger partial charge in [0.1, 0.15) is 11.9 Å². The number of carbonyl (C=O) groups is 2. The van der Waals surface area contributed by atoms with E-state index in [0.29, 0.717) is 16.5 Å². The molecule has 0 saturated carbocycles. The Bertz CT molecular complexity index is 1030. The van der Waals surface area contributed by atoms with Gasteiger partial charge in [0.15, 0.2) is 0 Å². The Morgan fingerprint density at radius 2 is 2.00 bits per heavy atom. The second-order valence-electron chi connectivity index (χ2n) is 6.40. The van der Waals surface area contributed by atoms with Crippen LogP contribution in [0.5, 0.6) is 0 Å². The number of nitrogens with zero attached hydrogens (tertiary/aromatic N) is 2. The van der Waals surface area contributed by atoms with Crippen LogP contribution in [0.1, 0.15) is 18.0 Å². The molecule has 0 bridgehead atoms. The maximum atomic E-state index is 12.8. The fourth-order valence-corrected chi connectivity index (χ4v) is 3.39.